The molecule has 0 saturated heterocycles. The zero-order valence-electron chi connectivity index (χ0n) is 11.2. The average molecular weight is 326 g/mol. The Kier molecular flexibility index (Phi) is 4.17. The van der Waals surface area contributed by atoms with E-state index < -0.39 is 15.6 Å². The lowest BCUT2D eigenvalue weighted by molar-refractivity contribution is -0.113. The second kappa shape index (κ2) is 5.58. The summed E-state index contributed by atoms with van der Waals surface area (Å²) in [6, 6.07) is 4.21. The third-order valence-electron chi connectivity index (χ3n) is 3.23. The van der Waals surface area contributed by atoms with Gasteiger partial charge in [-0.05, 0) is 24.5 Å². The Bertz CT molecular complexity index is 773. The standard InChI is InChI=1S/C14H12ClNO4S/c1-21(19,20)14-9(6-10(17)7-16)4-5-11(15)12(14)13(18)8-2-3-8/h4-5,8H,2-3,6H2,1H3. The number of carbonyl (C=O) groups excluding carboxylic acids is 2. The molecule has 5 nitrogen and oxygen atoms in total. The maximum Gasteiger partial charge on any atom is 0.236 e. The van der Waals surface area contributed by atoms with Gasteiger partial charge in [0.05, 0.1) is 15.5 Å². The molecule has 1 aromatic carbocycles. The molecule has 0 bridgehead atoms. The van der Waals surface area contributed by atoms with Crippen molar-refractivity contribution in [2.75, 3.05) is 6.26 Å². The fourth-order valence-electron chi connectivity index (χ4n) is 2.16. The van der Waals surface area contributed by atoms with Gasteiger partial charge >= 0.3 is 0 Å². The van der Waals surface area contributed by atoms with E-state index in [2.05, 4.69) is 0 Å². The van der Waals surface area contributed by atoms with E-state index in [0.29, 0.717) is 12.8 Å². The Balaban J connectivity index is 2.68. The number of rotatable bonds is 5. The molecule has 0 aromatic heterocycles. The van der Waals surface area contributed by atoms with Gasteiger partial charge in [0.25, 0.3) is 0 Å². The van der Waals surface area contributed by atoms with E-state index in [4.69, 9.17) is 16.9 Å². The van der Waals surface area contributed by atoms with Gasteiger partial charge in [-0.2, -0.15) is 5.26 Å². The number of benzene rings is 1. The Morgan fingerprint density at radius 1 is 1.38 bits per heavy atom. The highest BCUT2D eigenvalue weighted by atomic mass is 35.5. The molecule has 0 aliphatic heterocycles. The van der Waals surface area contributed by atoms with E-state index in [9.17, 15) is 18.0 Å². The molecule has 110 valence electrons. The van der Waals surface area contributed by atoms with Crippen LogP contribution < -0.4 is 0 Å². The quantitative estimate of drug-likeness (QED) is 0.609. The Morgan fingerprint density at radius 2 is 2.00 bits per heavy atom. The minimum Gasteiger partial charge on any atom is -0.294 e. The molecule has 0 N–H and O–H groups in total. The molecule has 0 spiro atoms. The van der Waals surface area contributed by atoms with Crippen molar-refractivity contribution in [1.29, 1.82) is 5.26 Å². The van der Waals surface area contributed by atoms with Gasteiger partial charge < -0.3 is 0 Å². The highest BCUT2D eigenvalue weighted by Crippen LogP contribution is 2.38. The Labute approximate surface area is 127 Å². The first-order valence-electron chi connectivity index (χ1n) is 6.24. The molecular formula is C14H12ClNO4S. The fourth-order valence-corrected chi connectivity index (χ4v) is 3.66. The van der Waals surface area contributed by atoms with Crippen LogP contribution in [0.5, 0.6) is 0 Å². The van der Waals surface area contributed by atoms with E-state index in [1.165, 1.54) is 18.2 Å². The van der Waals surface area contributed by atoms with Crippen molar-refractivity contribution in [2.45, 2.75) is 24.2 Å². The number of nitriles is 1. The minimum absolute atomic E-state index is 0.0510. The maximum absolute atomic E-state index is 12.3. The summed E-state index contributed by atoms with van der Waals surface area (Å²) in [4.78, 5) is 23.4. The summed E-state index contributed by atoms with van der Waals surface area (Å²) < 4.78 is 24.1. The molecule has 1 aromatic rings. The lowest BCUT2D eigenvalue weighted by Crippen LogP contribution is -2.15. The van der Waals surface area contributed by atoms with Crippen LogP contribution >= 0.6 is 11.6 Å². The number of carbonyl (C=O) groups is 2. The number of ketones is 2. The van der Waals surface area contributed by atoms with E-state index >= 15 is 0 Å². The van der Waals surface area contributed by atoms with Crippen LogP contribution in [0, 0.1) is 17.2 Å². The molecule has 0 unspecified atom stereocenters. The smallest absolute Gasteiger partial charge is 0.236 e. The molecule has 1 fully saturated rings. The second-order valence-electron chi connectivity index (χ2n) is 5.03. The van der Waals surface area contributed by atoms with Gasteiger partial charge in [-0.3, -0.25) is 9.59 Å². The topological polar surface area (TPSA) is 92.1 Å². The minimum atomic E-state index is -3.76. The van der Waals surface area contributed by atoms with Crippen molar-refractivity contribution in [3.8, 4) is 6.07 Å². The van der Waals surface area contributed by atoms with Gasteiger partial charge in [0.2, 0.25) is 5.78 Å². The van der Waals surface area contributed by atoms with Crippen molar-refractivity contribution < 1.29 is 18.0 Å². The number of sulfone groups is 1. The highest BCUT2D eigenvalue weighted by Gasteiger charge is 2.35. The monoisotopic (exact) mass is 325 g/mol. The fraction of sp³-hybridized carbons (Fsp3) is 0.357. The number of halogens is 1. The van der Waals surface area contributed by atoms with Crippen LogP contribution in [0.15, 0.2) is 17.0 Å². The van der Waals surface area contributed by atoms with E-state index in [-0.39, 0.29) is 39.2 Å². The average Bonchev–Trinajstić information content (AvgIpc) is 3.22. The molecule has 0 heterocycles. The Morgan fingerprint density at radius 3 is 2.48 bits per heavy atom. The lowest BCUT2D eigenvalue weighted by Gasteiger charge is -2.13. The van der Waals surface area contributed by atoms with Gasteiger partial charge in [0.1, 0.15) is 6.07 Å². The molecule has 21 heavy (non-hydrogen) atoms. The summed E-state index contributed by atoms with van der Waals surface area (Å²) >= 11 is 6.01. The number of hydrogen-bond acceptors (Lipinski definition) is 5. The van der Waals surface area contributed by atoms with E-state index in [1.54, 1.807) is 0 Å². The van der Waals surface area contributed by atoms with Crippen molar-refractivity contribution in [3.63, 3.8) is 0 Å². The molecule has 1 aliphatic rings. The van der Waals surface area contributed by atoms with Gasteiger partial charge in [0, 0.05) is 18.6 Å². The molecule has 7 heteroatoms. The summed E-state index contributed by atoms with van der Waals surface area (Å²) in [5.41, 5.74) is 0.0855. The molecule has 0 amide bonds. The lowest BCUT2D eigenvalue weighted by atomic mass is 10.0. The summed E-state index contributed by atoms with van der Waals surface area (Å²) in [6.07, 6.45) is 2.02. The summed E-state index contributed by atoms with van der Waals surface area (Å²) in [7, 11) is -3.76. The normalized spacial score (nSPS) is 14.5. The van der Waals surface area contributed by atoms with E-state index in [0.717, 1.165) is 6.26 Å². The SMILES string of the molecule is CS(=O)(=O)c1c(CC(=O)C#N)ccc(Cl)c1C(=O)C1CC1. The largest absolute Gasteiger partial charge is 0.294 e. The first-order valence-corrected chi connectivity index (χ1v) is 8.51. The van der Waals surface area contributed by atoms with Gasteiger partial charge in [-0.1, -0.05) is 17.7 Å². The van der Waals surface area contributed by atoms with Gasteiger partial charge in [-0.15, -0.1) is 0 Å². The summed E-state index contributed by atoms with van der Waals surface area (Å²) in [5, 5.41) is 8.64. The Hall–Kier alpha value is -1.71. The third-order valence-corrected chi connectivity index (χ3v) is 4.75. The molecule has 1 aliphatic carbocycles. The van der Waals surface area contributed by atoms with Crippen LogP contribution in [0.3, 0.4) is 0 Å². The molecule has 0 radical (unpaired) electrons. The number of nitrogens with zero attached hydrogens (tertiary/aromatic N) is 1. The van der Waals surface area contributed by atoms with Crippen LogP contribution in [0.25, 0.3) is 0 Å². The molecular weight excluding hydrogens is 314 g/mol. The number of Topliss-reactive ketones (excluding diaryl/α,β-unsaturated/α-hetero) is 2. The highest BCUT2D eigenvalue weighted by molar-refractivity contribution is 7.90. The third kappa shape index (κ3) is 3.31. The second-order valence-corrected chi connectivity index (χ2v) is 7.39. The van der Waals surface area contributed by atoms with Crippen LogP contribution in [0.4, 0.5) is 0 Å². The predicted octanol–water partition coefficient (Wildman–Crippen LogP) is 1.97. The van der Waals surface area contributed by atoms with Crippen LogP contribution in [0.1, 0.15) is 28.8 Å². The van der Waals surface area contributed by atoms with E-state index in [1.807, 2.05) is 0 Å². The molecule has 0 atom stereocenters. The van der Waals surface area contributed by atoms with Gasteiger partial charge in [0.15, 0.2) is 15.6 Å². The van der Waals surface area contributed by atoms with Crippen molar-refractivity contribution >= 4 is 33.0 Å². The summed E-state index contributed by atoms with van der Waals surface area (Å²) in [5.74, 6) is -1.29. The van der Waals surface area contributed by atoms with Crippen LogP contribution in [-0.4, -0.2) is 26.2 Å². The zero-order valence-corrected chi connectivity index (χ0v) is 12.8. The first-order chi connectivity index (χ1) is 9.75. The number of hydrogen-bond donors (Lipinski definition) is 0. The van der Waals surface area contributed by atoms with Crippen molar-refractivity contribution in [1.82, 2.24) is 0 Å². The molecule has 1 saturated carbocycles. The van der Waals surface area contributed by atoms with Crippen LogP contribution in [-0.2, 0) is 21.1 Å². The van der Waals surface area contributed by atoms with Crippen LogP contribution in [0.2, 0.25) is 5.02 Å². The predicted molar refractivity (Wildman–Crippen MR) is 75.9 cm³/mol. The van der Waals surface area contributed by atoms with Crippen molar-refractivity contribution in [2.24, 2.45) is 5.92 Å². The zero-order chi connectivity index (χ0) is 15.8. The maximum atomic E-state index is 12.3. The first kappa shape index (κ1) is 15.7. The summed E-state index contributed by atoms with van der Waals surface area (Å²) in [6.45, 7) is 0. The molecule has 2 rings (SSSR count). The van der Waals surface area contributed by atoms with Gasteiger partial charge in [-0.25, -0.2) is 8.42 Å². The van der Waals surface area contributed by atoms with Crippen molar-refractivity contribution in [3.05, 3.63) is 28.3 Å².